The Labute approximate surface area is 52.5 Å². The highest BCUT2D eigenvalue weighted by Gasteiger charge is 2.07. The van der Waals surface area contributed by atoms with Crippen LogP contribution >= 0.6 is 0 Å². The Hall–Kier alpha value is -1.07. The number of hydrogen-bond donors (Lipinski definition) is 3. The van der Waals surface area contributed by atoms with Crippen LogP contribution in [-0.2, 0) is 4.79 Å². The van der Waals surface area contributed by atoms with Crippen LogP contribution in [0.25, 0.3) is 0 Å². The Morgan fingerprint density at radius 1 is 1.67 bits per heavy atom. The van der Waals surface area contributed by atoms with E-state index in [1.54, 1.807) is 0 Å². The van der Waals surface area contributed by atoms with Gasteiger partial charge in [0, 0.05) is 0 Å². The lowest BCUT2D eigenvalue weighted by Crippen LogP contribution is -2.39. The molecule has 0 saturated heterocycles. The van der Waals surface area contributed by atoms with E-state index in [2.05, 4.69) is 0 Å². The first-order valence-electron chi connectivity index (χ1n) is 2.28. The van der Waals surface area contributed by atoms with E-state index in [0.717, 1.165) is 0 Å². The maximum atomic E-state index is 10.1. The number of aliphatic carboxylic acids is 1. The lowest BCUT2D eigenvalue weighted by atomic mass is 10.4. The van der Waals surface area contributed by atoms with Crippen LogP contribution in [0.2, 0.25) is 0 Å². The van der Waals surface area contributed by atoms with Gasteiger partial charge in [-0.3, -0.25) is 0 Å². The maximum Gasteiger partial charge on any atom is 0.354 e. The van der Waals surface area contributed by atoms with Crippen molar-refractivity contribution in [2.75, 3.05) is 0 Å². The Kier molecular flexibility index (Phi) is 2.69. The van der Waals surface area contributed by atoms with E-state index in [4.69, 9.17) is 16.8 Å². The molecular formula is C4H9N3O2. The van der Waals surface area contributed by atoms with Crippen molar-refractivity contribution in [2.24, 2.45) is 11.7 Å². The summed E-state index contributed by atoms with van der Waals surface area (Å²) in [5.74, 6) is 8.68. The molecule has 0 bridgehead atoms. The SMILES string of the molecule is CC=C(C(=O)O)N(N)N. The maximum absolute atomic E-state index is 10.1. The van der Waals surface area contributed by atoms with E-state index < -0.39 is 5.97 Å². The number of carbonyl (C=O) groups is 1. The van der Waals surface area contributed by atoms with Crippen molar-refractivity contribution in [2.45, 2.75) is 6.92 Å². The van der Waals surface area contributed by atoms with Gasteiger partial charge in [-0.05, 0) is 6.92 Å². The van der Waals surface area contributed by atoms with Crippen molar-refractivity contribution in [3.05, 3.63) is 11.8 Å². The van der Waals surface area contributed by atoms with Gasteiger partial charge in [0.2, 0.25) is 0 Å². The number of nitrogens with zero attached hydrogens (tertiary/aromatic N) is 1. The van der Waals surface area contributed by atoms with Crippen LogP contribution < -0.4 is 11.7 Å². The van der Waals surface area contributed by atoms with Gasteiger partial charge in [0.25, 0.3) is 0 Å². The molecule has 9 heavy (non-hydrogen) atoms. The lowest BCUT2D eigenvalue weighted by molar-refractivity contribution is -0.134. The molecule has 0 heterocycles. The largest absolute Gasteiger partial charge is 0.476 e. The number of rotatable bonds is 2. The number of carboxylic acids is 1. The molecule has 5 heteroatoms. The molecule has 52 valence electrons. The van der Waals surface area contributed by atoms with E-state index in [9.17, 15) is 4.79 Å². The third-order valence-corrected chi connectivity index (χ3v) is 0.771. The summed E-state index contributed by atoms with van der Waals surface area (Å²) in [6, 6.07) is 0. The number of allylic oxidation sites excluding steroid dienone is 1. The van der Waals surface area contributed by atoms with Crippen LogP contribution in [0.5, 0.6) is 0 Å². The fourth-order valence-corrected chi connectivity index (χ4v) is 0.383. The fourth-order valence-electron chi connectivity index (χ4n) is 0.383. The Morgan fingerprint density at radius 2 is 2.11 bits per heavy atom. The molecule has 0 atom stereocenters. The summed E-state index contributed by atoms with van der Waals surface area (Å²) in [6.07, 6.45) is 1.31. The predicted molar refractivity (Wildman–Crippen MR) is 31.6 cm³/mol. The minimum atomic E-state index is -1.14. The first-order chi connectivity index (χ1) is 4.09. The molecule has 0 aromatic heterocycles. The molecule has 0 unspecified atom stereocenters. The van der Waals surface area contributed by atoms with Gasteiger partial charge in [0.15, 0.2) is 5.70 Å². The van der Waals surface area contributed by atoms with Gasteiger partial charge in [-0.15, -0.1) is 0 Å². The molecule has 0 radical (unpaired) electrons. The van der Waals surface area contributed by atoms with Crippen LogP contribution in [0, 0.1) is 0 Å². The molecule has 0 aromatic carbocycles. The first kappa shape index (κ1) is 7.93. The molecular weight excluding hydrogens is 122 g/mol. The summed E-state index contributed by atoms with van der Waals surface area (Å²) in [6.45, 7) is 1.54. The lowest BCUT2D eigenvalue weighted by Gasteiger charge is -2.09. The Bertz CT molecular complexity index is 141. The second-order valence-electron chi connectivity index (χ2n) is 1.39. The zero-order valence-electron chi connectivity index (χ0n) is 5.03. The highest BCUT2D eigenvalue weighted by Crippen LogP contribution is 1.91. The zero-order valence-corrected chi connectivity index (χ0v) is 5.03. The van der Waals surface area contributed by atoms with Gasteiger partial charge in [-0.25, -0.2) is 21.6 Å². The zero-order chi connectivity index (χ0) is 7.44. The number of hydrogen-bond acceptors (Lipinski definition) is 4. The van der Waals surface area contributed by atoms with E-state index in [-0.39, 0.29) is 5.70 Å². The molecule has 0 saturated carbocycles. The number of nitrogens with two attached hydrogens (primary N) is 2. The van der Waals surface area contributed by atoms with Gasteiger partial charge in [-0.1, -0.05) is 6.08 Å². The quantitative estimate of drug-likeness (QED) is 0.254. The molecule has 0 amide bonds. The standard InChI is InChI=1S/C4H9N3O2/c1-2-3(4(8)9)7(5)6/h2H,5-6H2,1H3,(H,8,9). The Balaban J connectivity index is 4.19. The van der Waals surface area contributed by atoms with Gasteiger partial charge in [-0.2, -0.15) is 0 Å². The molecule has 0 aromatic rings. The molecule has 0 aliphatic rings. The highest BCUT2D eigenvalue weighted by atomic mass is 16.4. The van der Waals surface area contributed by atoms with Gasteiger partial charge >= 0.3 is 5.97 Å². The topological polar surface area (TPSA) is 92.6 Å². The summed E-state index contributed by atoms with van der Waals surface area (Å²) in [5.41, 5.74) is -0.130. The average Bonchev–Trinajstić information content (AvgIpc) is 1.64. The van der Waals surface area contributed by atoms with Gasteiger partial charge < -0.3 is 5.11 Å². The molecule has 0 spiro atoms. The van der Waals surface area contributed by atoms with Crippen LogP contribution in [-0.4, -0.2) is 16.2 Å². The summed E-state index contributed by atoms with van der Waals surface area (Å²) < 4.78 is 0. The van der Waals surface area contributed by atoms with Crippen molar-refractivity contribution in [1.82, 2.24) is 5.12 Å². The second kappa shape index (κ2) is 3.06. The minimum Gasteiger partial charge on any atom is -0.476 e. The molecule has 0 rings (SSSR count). The summed E-state index contributed by atoms with van der Waals surface area (Å²) in [5, 5.41) is 8.83. The van der Waals surface area contributed by atoms with Crippen molar-refractivity contribution >= 4 is 5.97 Å². The van der Waals surface area contributed by atoms with E-state index >= 15 is 0 Å². The minimum absolute atomic E-state index is 0.130. The molecule has 0 fully saturated rings. The van der Waals surface area contributed by atoms with Gasteiger partial charge in [0.1, 0.15) is 0 Å². The molecule has 0 aliphatic carbocycles. The fraction of sp³-hybridized carbons (Fsp3) is 0.250. The van der Waals surface area contributed by atoms with E-state index in [0.29, 0.717) is 5.12 Å². The van der Waals surface area contributed by atoms with Gasteiger partial charge in [0.05, 0.1) is 0 Å². The first-order valence-corrected chi connectivity index (χ1v) is 2.28. The summed E-state index contributed by atoms with van der Waals surface area (Å²) in [7, 11) is 0. The van der Waals surface area contributed by atoms with Crippen LogP contribution in [0.15, 0.2) is 11.8 Å². The number of carboxylic acid groups (broad SMARTS) is 1. The third kappa shape index (κ3) is 2.11. The van der Waals surface area contributed by atoms with E-state index in [1.807, 2.05) is 0 Å². The smallest absolute Gasteiger partial charge is 0.354 e. The molecule has 5 N–H and O–H groups in total. The van der Waals surface area contributed by atoms with Crippen molar-refractivity contribution < 1.29 is 9.90 Å². The normalized spacial score (nSPS) is 11.2. The monoisotopic (exact) mass is 131 g/mol. The average molecular weight is 131 g/mol. The highest BCUT2D eigenvalue weighted by molar-refractivity contribution is 5.85. The summed E-state index contributed by atoms with van der Waals surface area (Å²) in [4.78, 5) is 10.1. The molecule has 5 nitrogen and oxygen atoms in total. The van der Waals surface area contributed by atoms with E-state index in [1.165, 1.54) is 13.0 Å². The molecule has 0 aliphatic heterocycles. The van der Waals surface area contributed by atoms with Crippen LogP contribution in [0.1, 0.15) is 6.92 Å². The second-order valence-corrected chi connectivity index (χ2v) is 1.39. The van der Waals surface area contributed by atoms with Crippen molar-refractivity contribution in [1.29, 1.82) is 0 Å². The van der Waals surface area contributed by atoms with Crippen molar-refractivity contribution in [3.8, 4) is 0 Å². The third-order valence-electron chi connectivity index (χ3n) is 0.771. The number of hydrazine groups is 2. The summed E-state index contributed by atoms with van der Waals surface area (Å²) >= 11 is 0. The van der Waals surface area contributed by atoms with Crippen LogP contribution in [0.3, 0.4) is 0 Å². The predicted octanol–water partition coefficient (Wildman–Crippen LogP) is -0.976. The van der Waals surface area contributed by atoms with Crippen molar-refractivity contribution in [3.63, 3.8) is 0 Å². The Morgan fingerprint density at radius 3 is 2.11 bits per heavy atom. The van der Waals surface area contributed by atoms with Crippen LogP contribution in [0.4, 0.5) is 0 Å².